The van der Waals surface area contributed by atoms with Crippen molar-refractivity contribution < 1.29 is 13.2 Å². The van der Waals surface area contributed by atoms with Gasteiger partial charge in [0.05, 0.1) is 9.32 Å². The fourth-order valence-electron chi connectivity index (χ4n) is 2.12. The molecule has 0 aromatic heterocycles. The summed E-state index contributed by atoms with van der Waals surface area (Å²) in [6.07, 6.45) is 0. The molecule has 0 heterocycles. The molecule has 0 saturated carbocycles. The van der Waals surface area contributed by atoms with Crippen LogP contribution in [0.4, 0.5) is 5.69 Å². The molecule has 2 rings (SSSR count). The van der Waals surface area contributed by atoms with Gasteiger partial charge in [0, 0.05) is 30.6 Å². The second-order valence-electron chi connectivity index (χ2n) is 4.69. The number of sulfonamides is 1. The van der Waals surface area contributed by atoms with Gasteiger partial charge in [0.25, 0.3) is 10.0 Å². The van der Waals surface area contributed by atoms with Crippen molar-refractivity contribution in [3.63, 3.8) is 0 Å². The van der Waals surface area contributed by atoms with Crippen molar-refractivity contribution in [2.24, 2.45) is 0 Å². The Hall–Kier alpha value is -1.35. The summed E-state index contributed by atoms with van der Waals surface area (Å²) in [6, 6.07) is 10.5. The molecule has 0 unspecified atom stereocenters. The number of amides is 1. The Morgan fingerprint density at radius 2 is 1.76 bits per heavy atom. The van der Waals surface area contributed by atoms with Crippen LogP contribution in [0.3, 0.4) is 0 Å². The van der Waals surface area contributed by atoms with Gasteiger partial charge >= 0.3 is 0 Å². The van der Waals surface area contributed by atoms with E-state index in [1.54, 1.807) is 18.2 Å². The maximum atomic E-state index is 12.3. The standard InChI is InChI=1S/C14H15IN2O3S/c1-17(2)12-7-3-6-11-10(12)5-4-8-13(11)21(19,20)16-14(18)9-15/h3-8H,9H2,1-2H3,(H,16,18). The molecule has 0 radical (unpaired) electrons. The summed E-state index contributed by atoms with van der Waals surface area (Å²) in [5.41, 5.74) is 0.921. The fourth-order valence-corrected chi connectivity index (χ4v) is 3.78. The predicted molar refractivity (Wildman–Crippen MR) is 92.5 cm³/mol. The summed E-state index contributed by atoms with van der Waals surface area (Å²) in [6.45, 7) is 0. The normalized spacial score (nSPS) is 11.4. The van der Waals surface area contributed by atoms with Crippen molar-refractivity contribution in [1.82, 2.24) is 4.72 Å². The van der Waals surface area contributed by atoms with Gasteiger partial charge in [0.2, 0.25) is 5.91 Å². The van der Waals surface area contributed by atoms with Crippen LogP contribution in [0.1, 0.15) is 0 Å². The Kier molecular flexibility index (Phi) is 4.72. The molecule has 2 aromatic rings. The number of hydrogen-bond donors (Lipinski definition) is 1. The second kappa shape index (κ2) is 6.18. The first-order valence-electron chi connectivity index (χ1n) is 6.17. The lowest BCUT2D eigenvalue weighted by Crippen LogP contribution is -2.31. The maximum Gasteiger partial charge on any atom is 0.264 e. The van der Waals surface area contributed by atoms with Crippen molar-refractivity contribution in [2.75, 3.05) is 23.4 Å². The van der Waals surface area contributed by atoms with Gasteiger partial charge in [-0.3, -0.25) is 4.79 Å². The zero-order valence-corrected chi connectivity index (χ0v) is 14.6. The van der Waals surface area contributed by atoms with E-state index >= 15 is 0 Å². The number of nitrogens with one attached hydrogen (secondary N) is 1. The molecule has 0 fully saturated rings. The van der Waals surface area contributed by atoms with E-state index in [0.29, 0.717) is 5.39 Å². The van der Waals surface area contributed by atoms with Gasteiger partial charge in [-0.2, -0.15) is 0 Å². The first-order valence-corrected chi connectivity index (χ1v) is 9.18. The zero-order chi connectivity index (χ0) is 15.6. The summed E-state index contributed by atoms with van der Waals surface area (Å²) in [5, 5.41) is 1.42. The van der Waals surface area contributed by atoms with Crippen LogP contribution >= 0.6 is 22.6 Å². The Morgan fingerprint density at radius 3 is 2.38 bits per heavy atom. The van der Waals surface area contributed by atoms with Gasteiger partial charge < -0.3 is 4.90 Å². The third-order valence-corrected chi connectivity index (χ3v) is 5.12. The molecule has 0 bridgehead atoms. The Bertz CT molecular complexity index is 788. The van der Waals surface area contributed by atoms with Crippen LogP contribution in [0.15, 0.2) is 41.3 Å². The SMILES string of the molecule is CN(C)c1cccc2c(S(=O)(=O)NC(=O)CI)cccc12. The number of nitrogens with zero attached hydrogens (tertiary/aromatic N) is 1. The van der Waals surface area contributed by atoms with E-state index < -0.39 is 15.9 Å². The number of alkyl halides is 1. The van der Waals surface area contributed by atoms with E-state index in [-0.39, 0.29) is 9.32 Å². The molecule has 0 spiro atoms. The molecule has 0 aliphatic heterocycles. The molecular weight excluding hydrogens is 403 g/mol. The fraction of sp³-hybridized carbons (Fsp3) is 0.214. The highest BCUT2D eigenvalue weighted by Gasteiger charge is 2.20. The number of anilines is 1. The van der Waals surface area contributed by atoms with E-state index in [4.69, 9.17) is 0 Å². The van der Waals surface area contributed by atoms with Crippen LogP contribution in [0.5, 0.6) is 0 Å². The average Bonchev–Trinajstić information content (AvgIpc) is 2.45. The smallest absolute Gasteiger partial charge is 0.264 e. The minimum Gasteiger partial charge on any atom is -0.377 e. The van der Waals surface area contributed by atoms with Crippen LogP contribution in [0, 0.1) is 0 Å². The molecule has 0 aliphatic carbocycles. The summed E-state index contributed by atoms with van der Waals surface area (Å²) in [7, 11) is -0.0703. The first-order chi connectivity index (χ1) is 9.86. The highest BCUT2D eigenvalue weighted by molar-refractivity contribution is 14.1. The van der Waals surface area contributed by atoms with Crippen LogP contribution in [0.2, 0.25) is 0 Å². The van der Waals surface area contributed by atoms with Crippen molar-refractivity contribution in [3.8, 4) is 0 Å². The lowest BCUT2D eigenvalue weighted by molar-refractivity contribution is -0.116. The van der Waals surface area contributed by atoms with Crippen molar-refractivity contribution in [1.29, 1.82) is 0 Å². The molecule has 5 nitrogen and oxygen atoms in total. The van der Waals surface area contributed by atoms with Crippen LogP contribution in [-0.2, 0) is 14.8 Å². The lowest BCUT2D eigenvalue weighted by atomic mass is 10.1. The molecule has 7 heteroatoms. The third-order valence-electron chi connectivity index (χ3n) is 3.00. The molecular formula is C14H15IN2O3S. The van der Waals surface area contributed by atoms with Gasteiger partial charge in [0.15, 0.2) is 0 Å². The summed E-state index contributed by atoms with van der Waals surface area (Å²) >= 11 is 1.82. The molecule has 112 valence electrons. The van der Waals surface area contributed by atoms with E-state index in [1.165, 1.54) is 6.07 Å². The Balaban J connectivity index is 2.66. The largest absolute Gasteiger partial charge is 0.377 e. The molecule has 0 aliphatic rings. The maximum absolute atomic E-state index is 12.3. The molecule has 21 heavy (non-hydrogen) atoms. The quantitative estimate of drug-likeness (QED) is 0.611. The van der Waals surface area contributed by atoms with Crippen LogP contribution < -0.4 is 9.62 Å². The topological polar surface area (TPSA) is 66.5 Å². The van der Waals surface area contributed by atoms with Crippen molar-refractivity contribution >= 4 is 55.0 Å². The highest BCUT2D eigenvalue weighted by atomic mass is 127. The van der Waals surface area contributed by atoms with E-state index in [9.17, 15) is 13.2 Å². The first kappa shape index (κ1) is 16.0. The number of carbonyl (C=O) groups excluding carboxylic acids is 1. The van der Waals surface area contributed by atoms with Gasteiger partial charge in [-0.05, 0) is 12.1 Å². The number of rotatable bonds is 4. The predicted octanol–water partition coefficient (Wildman–Crippen LogP) is 2.15. The average molecular weight is 418 g/mol. The number of carbonyl (C=O) groups is 1. The van der Waals surface area contributed by atoms with Crippen molar-refractivity contribution in [3.05, 3.63) is 36.4 Å². The zero-order valence-electron chi connectivity index (χ0n) is 11.6. The molecule has 0 saturated heterocycles. The third kappa shape index (κ3) is 3.29. The highest BCUT2D eigenvalue weighted by Crippen LogP contribution is 2.29. The van der Waals surface area contributed by atoms with E-state index in [0.717, 1.165) is 11.1 Å². The monoisotopic (exact) mass is 418 g/mol. The van der Waals surface area contributed by atoms with Gasteiger partial charge in [-0.25, -0.2) is 13.1 Å². The summed E-state index contributed by atoms with van der Waals surface area (Å²) in [5.74, 6) is -0.531. The molecule has 2 aromatic carbocycles. The van der Waals surface area contributed by atoms with Gasteiger partial charge in [-0.15, -0.1) is 0 Å². The Labute approximate surface area is 137 Å². The van der Waals surface area contributed by atoms with E-state index in [1.807, 2.05) is 53.7 Å². The number of fused-ring (bicyclic) bond motifs is 1. The van der Waals surface area contributed by atoms with Gasteiger partial charge in [0.1, 0.15) is 0 Å². The van der Waals surface area contributed by atoms with Crippen LogP contribution in [0.25, 0.3) is 10.8 Å². The minimum atomic E-state index is -3.86. The summed E-state index contributed by atoms with van der Waals surface area (Å²) in [4.78, 5) is 13.4. The molecule has 1 amide bonds. The van der Waals surface area contributed by atoms with Crippen molar-refractivity contribution in [2.45, 2.75) is 4.90 Å². The number of benzene rings is 2. The summed E-state index contributed by atoms with van der Waals surface area (Å²) < 4.78 is 26.9. The number of hydrogen-bond acceptors (Lipinski definition) is 4. The second-order valence-corrected chi connectivity index (χ2v) is 7.10. The van der Waals surface area contributed by atoms with Gasteiger partial charge in [-0.1, -0.05) is 46.9 Å². The lowest BCUT2D eigenvalue weighted by Gasteiger charge is -2.17. The number of halogens is 1. The van der Waals surface area contributed by atoms with Crippen LogP contribution in [-0.4, -0.2) is 32.8 Å². The Morgan fingerprint density at radius 1 is 1.14 bits per heavy atom. The molecule has 0 atom stereocenters. The molecule has 1 N–H and O–H groups in total. The van der Waals surface area contributed by atoms with E-state index in [2.05, 4.69) is 4.72 Å². The minimum absolute atomic E-state index is 0.0880.